The van der Waals surface area contributed by atoms with Crippen LogP contribution in [-0.4, -0.2) is 51.9 Å². The van der Waals surface area contributed by atoms with Crippen LogP contribution < -0.4 is 15.8 Å². The van der Waals surface area contributed by atoms with Gasteiger partial charge >= 0.3 is 0 Å². The van der Waals surface area contributed by atoms with E-state index in [-0.39, 0.29) is 12.0 Å². The van der Waals surface area contributed by atoms with Crippen molar-refractivity contribution in [2.45, 2.75) is 31.9 Å². The van der Waals surface area contributed by atoms with Gasteiger partial charge in [0.1, 0.15) is 23.7 Å². The standard InChI is InChI=1S/C19H23N5O3/c1-13(18(20)25)23-17-5-4-14(11-22-17)19(26)24-9-6-15(7-10-24)27-16-3-2-8-21-12-16/h2-5,8,11-13,15H,6-7,9-10H2,1H3,(H2,20,25)(H,22,23)/t13-/m1/s1. The molecule has 1 fully saturated rings. The summed E-state index contributed by atoms with van der Waals surface area (Å²) >= 11 is 0. The van der Waals surface area contributed by atoms with Crippen molar-refractivity contribution in [1.29, 1.82) is 0 Å². The van der Waals surface area contributed by atoms with Crippen LogP contribution in [0, 0.1) is 0 Å². The quantitative estimate of drug-likeness (QED) is 0.797. The number of likely N-dealkylation sites (tertiary alicyclic amines) is 1. The number of aromatic nitrogens is 2. The smallest absolute Gasteiger partial charge is 0.255 e. The number of carbonyl (C=O) groups is 2. The molecule has 0 radical (unpaired) electrons. The molecule has 142 valence electrons. The Balaban J connectivity index is 1.52. The third-order valence-corrected chi connectivity index (χ3v) is 4.47. The van der Waals surface area contributed by atoms with Gasteiger partial charge in [-0.3, -0.25) is 14.6 Å². The van der Waals surface area contributed by atoms with E-state index in [1.165, 1.54) is 6.20 Å². The van der Waals surface area contributed by atoms with Gasteiger partial charge in [-0.15, -0.1) is 0 Å². The molecule has 27 heavy (non-hydrogen) atoms. The largest absolute Gasteiger partial charge is 0.489 e. The summed E-state index contributed by atoms with van der Waals surface area (Å²) in [6.45, 7) is 2.91. The number of rotatable bonds is 6. The molecule has 0 unspecified atom stereocenters. The van der Waals surface area contributed by atoms with E-state index in [0.29, 0.717) is 24.5 Å². The van der Waals surface area contributed by atoms with Gasteiger partial charge in [0.2, 0.25) is 5.91 Å². The first-order valence-electron chi connectivity index (χ1n) is 8.91. The number of amides is 2. The number of ether oxygens (including phenoxy) is 1. The van der Waals surface area contributed by atoms with Gasteiger partial charge in [0.25, 0.3) is 5.91 Å². The summed E-state index contributed by atoms with van der Waals surface area (Å²) in [5.41, 5.74) is 5.73. The molecule has 8 heteroatoms. The minimum Gasteiger partial charge on any atom is -0.489 e. The first-order chi connectivity index (χ1) is 13.0. The highest BCUT2D eigenvalue weighted by atomic mass is 16.5. The number of nitrogens with two attached hydrogens (primary N) is 1. The molecule has 3 heterocycles. The van der Waals surface area contributed by atoms with E-state index in [1.54, 1.807) is 36.4 Å². The highest BCUT2D eigenvalue weighted by Crippen LogP contribution is 2.19. The van der Waals surface area contributed by atoms with Crippen molar-refractivity contribution >= 4 is 17.6 Å². The Morgan fingerprint density at radius 3 is 2.63 bits per heavy atom. The fourth-order valence-corrected chi connectivity index (χ4v) is 2.87. The molecule has 0 saturated carbocycles. The number of carbonyl (C=O) groups excluding carboxylic acids is 2. The summed E-state index contributed by atoms with van der Waals surface area (Å²) in [6.07, 6.45) is 6.53. The third-order valence-electron chi connectivity index (χ3n) is 4.47. The SMILES string of the molecule is C[C@@H](Nc1ccc(C(=O)N2CCC(Oc3cccnc3)CC2)cn1)C(N)=O. The average molecular weight is 369 g/mol. The molecular formula is C19H23N5O3. The van der Waals surface area contributed by atoms with Crippen molar-refractivity contribution in [2.75, 3.05) is 18.4 Å². The Morgan fingerprint density at radius 1 is 1.26 bits per heavy atom. The normalized spacial score (nSPS) is 15.8. The monoisotopic (exact) mass is 369 g/mol. The summed E-state index contributed by atoms with van der Waals surface area (Å²) < 4.78 is 5.90. The van der Waals surface area contributed by atoms with E-state index in [0.717, 1.165) is 18.6 Å². The van der Waals surface area contributed by atoms with Crippen molar-refractivity contribution in [1.82, 2.24) is 14.9 Å². The Kier molecular flexibility index (Phi) is 5.85. The Hall–Kier alpha value is -3.16. The van der Waals surface area contributed by atoms with Gasteiger partial charge in [-0.05, 0) is 31.2 Å². The molecular weight excluding hydrogens is 346 g/mol. The van der Waals surface area contributed by atoms with Crippen molar-refractivity contribution in [2.24, 2.45) is 5.73 Å². The van der Waals surface area contributed by atoms with E-state index < -0.39 is 11.9 Å². The minimum absolute atomic E-state index is 0.0585. The van der Waals surface area contributed by atoms with Gasteiger partial charge in [-0.1, -0.05) is 0 Å². The molecule has 0 aliphatic carbocycles. The summed E-state index contributed by atoms with van der Waals surface area (Å²) in [7, 11) is 0. The molecule has 3 N–H and O–H groups in total. The van der Waals surface area contributed by atoms with E-state index >= 15 is 0 Å². The molecule has 1 aliphatic rings. The van der Waals surface area contributed by atoms with Gasteiger partial charge in [-0.2, -0.15) is 0 Å². The summed E-state index contributed by atoms with van der Waals surface area (Å²) in [5, 5.41) is 2.88. The third kappa shape index (κ3) is 4.93. The number of piperidine rings is 1. The van der Waals surface area contributed by atoms with E-state index in [9.17, 15) is 9.59 Å². The van der Waals surface area contributed by atoms with Crippen LogP contribution in [-0.2, 0) is 4.79 Å². The number of nitrogens with zero attached hydrogens (tertiary/aromatic N) is 3. The van der Waals surface area contributed by atoms with Gasteiger partial charge in [-0.25, -0.2) is 4.98 Å². The lowest BCUT2D eigenvalue weighted by atomic mass is 10.1. The molecule has 3 rings (SSSR count). The molecule has 2 aromatic heterocycles. The zero-order valence-electron chi connectivity index (χ0n) is 15.2. The van der Waals surface area contributed by atoms with E-state index in [4.69, 9.17) is 10.5 Å². The van der Waals surface area contributed by atoms with Crippen LogP contribution in [0.25, 0.3) is 0 Å². The fourth-order valence-electron chi connectivity index (χ4n) is 2.87. The molecule has 1 aliphatic heterocycles. The van der Waals surface area contributed by atoms with Crippen LogP contribution in [0.5, 0.6) is 5.75 Å². The van der Waals surface area contributed by atoms with Crippen LogP contribution >= 0.6 is 0 Å². The average Bonchev–Trinajstić information content (AvgIpc) is 2.69. The molecule has 1 atom stereocenters. The van der Waals surface area contributed by atoms with Crippen LogP contribution in [0.4, 0.5) is 5.82 Å². The highest BCUT2D eigenvalue weighted by molar-refractivity contribution is 5.94. The predicted molar refractivity (Wildman–Crippen MR) is 100 cm³/mol. The lowest BCUT2D eigenvalue weighted by Gasteiger charge is -2.32. The summed E-state index contributed by atoms with van der Waals surface area (Å²) in [6, 6.07) is 6.56. The molecule has 0 spiro atoms. The number of anilines is 1. The van der Waals surface area contributed by atoms with Crippen LogP contribution in [0.15, 0.2) is 42.9 Å². The van der Waals surface area contributed by atoms with Crippen molar-refractivity contribution in [3.63, 3.8) is 0 Å². The van der Waals surface area contributed by atoms with Crippen LogP contribution in [0.1, 0.15) is 30.1 Å². The molecule has 8 nitrogen and oxygen atoms in total. The Morgan fingerprint density at radius 2 is 2.04 bits per heavy atom. The summed E-state index contributed by atoms with van der Waals surface area (Å²) in [4.78, 5) is 33.8. The zero-order valence-corrected chi connectivity index (χ0v) is 15.2. The van der Waals surface area contributed by atoms with Crippen LogP contribution in [0.2, 0.25) is 0 Å². The van der Waals surface area contributed by atoms with Crippen LogP contribution in [0.3, 0.4) is 0 Å². The van der Waals surface area contributed by atoms with Gasteiger partial charge in [0, 0.05) is 38.3 Å². The number of hydrogen-bond donors (Lipinski definition) is 2. The second-order valence-corrected chi connectivity index (χ2v) is 6.50. The van der Waals surface area contributed by atoms with E-state index in [2.05, 4.69) is 15.3 Å². The molecule has 2 amide bonds. The molecule has 1 saturated heterocycles. The number of primary amides is 1. The molecule has 0 bridgehead atoms. The van der Waals surface area contributed by atoms with Crippen molar-refractivity contribution in [3.05, 3.63) is 48.4 Å². The fraction of sp³-hybridized carbons (Fsp3) is 0.368. The van der Waals surface area contributed by atoms with E-state index in [1.807, 2.05) is 12.1 Å². The van der Waals surface area contributed by atoms with Crippen molar-refractivity contribution < 1.29 is 14.3 Å². The number of hydrogen-bond acceptors (Lipinski definition) is 6. The topological polar surface area (TPSA) is 110 Å². The minimum atomic E-state index is -0.530. The molecule has 2 aromatic rings. The van der Waals surface area contributed by atoms with Gasteiger partial charge in [0.05, 0.1) is 11.8 Å². The number of nitrogens with one attached hydrogen (secondary N) is 1. The first kappa shape index (κ1) is 18.6. The zero-order chi connectivity index (χ0) is 19.2. The predicted octanol–water partition coefficient (Wildman–Crippen LogP) is 1.45. The first-order valence-corrected chi connectivity index (χ1v) is 8.91. The second-order valence-electron chi connectivity index (χ2n) is 6.50. The maximum Gasteiger partial charge on any atom is 0.255 e. The van der Waals surface area contributed by atoms with Crippen molar-refractivity contribution in [3.8, 4) is 5.75 Å². The Labute approximate surface area is 157 Å². The second kappa shape index (κ2) is 8.48. The maximum absolute atomic E-state index is 12.6. The maximum atomic E-state index is 12.6. The Bertz CT molecular complexity index is 774. The van der Waals surface area contributed by atoms with Gasteiger partial charge in [0.15, 0.2) is 0 Å². The molecule has 0 aromatic carbocycles. The van der Waals surface area contributed by atoms with Gasteiger partial charge < -0.3 is 20.7 Å². The lowest BCUT2D eigenvalue weighted by Crippen LogP contribution is -2.41. The summed E-state index contributed by atoms with van der Waals surface area (Å²) in [5.74, 6) is 0.728. The highest BCUT2D eigenvalue weighted by Gasteiger charge is 2.25. The lowest BCUT2D eigenvalue weighted by molar-refractivity contribution is -0.118. The number of pyridine rings is 2.